The van der Waals surface area contributed by atoms with Crippen molar-refractivity contribution in [2.75, 3.05) is 11.1 Å². The molecule has 0 radical (unpaired) electrons. The van der Waals surface area contributed by atoms with Crippen molar-refractivity contribution in [3.63, 3.8) is 0 Å². The Balaban J connectivity index is 3.16. The second-order valence-electron chi connectivity index (χ2n) is 2.62. The van der Waals surface area contributed by atoms with Crippen molar-refractivity contribution in [3.8, 4) is 11.8 Å². The average molecular weight is 242 g/mol. The van der Waals surface area contributed by atoms with Gasteiger partial charge in [-0.1, -0.05) is 27.8 Å². The van der Waals surface area contributed by atoms with Crippen LogP contribution in [0.2, 0.25) is 0 Å². The molecule has 68 valence electrons. The summed E-state index contributed by atoms with van der Waals surface area (Å²) in [6.07, 6.45) is 0. The van der Waals surface area contributed by atoms with Crippen molar-refractivity contribution in [3.05, 3.63) is 29.1 Å². The van der Waals surface area contributed by atoms with E-state index in [0.29, 0.717) is 16.6 Å². The van der Waals surface area contributed by atoms with Gasteiger partial charge in [-0.2, -0.15) is 0 Å². The minimum atomic E-state index is -0.319. The first-order valence-corrected chi connectivity index (χ1v) is 4.87. The zero-order chi connectivity index (χ0) is 9.84. The van der Waals surface area contributed by atoms with Crippen molar-refractivity contribution in [1.29, 1.82) is 0 Å². The molecule has 1 nitrogen and oxygen atoms in total. The minimum Gasteiger partial charge on any atom is -0.398 e. The van der Waals surface area contributed by atoms with Crippen molar-refractivity contribution in [2.45, 2.75) is 6.92 Å². The molecular formula is C10H9BrFN. The molecule has 1 aromatic carbocycles. The number of alkyl halides is 1. The van der Waals surface area contributed by atoms with E-state index in [1.54, 1.807) is 13.0 Å². The topological polar surface area (TPSA) is 26.0 Å². The van der Waals surface area contributed by atoms with Crippen LogP contribution in [0.25, 0.3) is 0 Å². The molecule has 1 aromatic rings. The van der Waals surface area contributed by atoms with Crippen molar-refractivity contribution >= 4 is 21.6 Å². The van der Waals surface area contributed by atoms with E-state index < -0.39 is 0 Å². The van der Waals surface area contributed by atoms with Gasteiger partial charge in [0.2, 0.25) is 0 Å². The zero-order valence-corrected chi connectivity index (χ0v) is 8.78. The van der Waals surface area contributed by atoms with Crippen LogP contribution in [0.5, 0.6) is 0 Å². The molecule has 0 aliphatic carbocycles. The number of hydrogen-bond donors (Lipinski definition) is 1. The molecule has 0 aliphatic rings. The van der Waals surface area contributed by atoms with E-state index in [1.807, 2.05) is 0 Å². The molecule has 2 N–H and O–H groups in total. The van der Waals surface area contributed by atoms with Crippen molar-refractivity contribution in [2.24, 2.45) is 0 Å². The zero-order valence-electron chi connectivity index (χ0n) is 7.20. The Morgan fingerprint density at radius 3 is 2.85 bits per heavy atom. The molecule has 0 heterocycles. The number of rotatable bonds is 0. The summed E-state index contributed by atoms with van der Waals surface area (Å²) in [6.45, 7) is 1.76. The molecule has 0 unspecified atom stereocenters. The standard InChI is InChI=1S/C10H9BrFN/c1-7-5-9(12)8(3-2-4-11)6-10(7)13/h5-6H,4,13H2,1H3. The first-order chi connectivity index (χ1) is 6.15. The van der Waals surface area contributed by atoms with E-state index >= 15 is 0 Å². The molecule has 0 fully saturated rings. The lowest BCUT2D eigenvalue weighted by Gasteiger charge is -2.01. The first kappa shape index (κ1) is 10.1. The Hall–Kier alpha value is -1.01. The number of aryl methyl sites for hydroxylation is 1. The molecule has 0 atom stereocenters. The van der Waals surface area contributed by atoms with E-state index in [-0.39, 0.29) is 5.82 Å². The van der Waals surface area contributed by atoms with Crippen LogP contribution >= 0.6 is 15.9 Å². The molecule has 13 heavy (non-hydrogen) atoms. The van der Waals surface area contributed by atoms with Gasteiger partial charge in [0.1, 0.15) is 5.82 Å². The fourth-order valence-electron chi connectivity index (χ4n) is 0.914. The lowest BCUT2D eigenvalue weighted by atomic mass is 10.1. The third-order valence-corrected chi connectivity index (χ3v) is 1.93. The Morgan fingerprint density at radius 1 is 1.54 bits per heavy atom. The highest BCUT2D eigenvalue weighted by Gasteiger charge is 2.02. The molecule has 0 saturated carbocycles. The molecule has 0 spiro atoms. The van der Waals surface area contributed by atoms with Gasteiger partial charge in [-0.3, -0.25) is 0 Å². The SMILES string of the molecule is Cc1cc(F)c(C#CCBr)cc1N. The van der Waals surface area contributed by atoms with E-state index in [0.717, 1.165) is 5.56 Å². The first-order valence-electron chi connectivity index (χ1n) is 3.75. The van der Waals surface area contributed by atoms with Gasteiger partial charge in [0, 0.05) is 5.69 Å². The summed E-state index contributed by atoms with van der Waals surface area (Å²) in [5.74, 6) is 5.08. The summed E-state index contributed by atoms with van der Waals surface area (Å²) in [7, 11) is 0. The van der Waals surface area contributed by atoms with Gasteiger partial charge < -0.3 is 5.73 Å². The third kappa shape index (κ3) is 2.46. The number of anilines is 1. The monoisotopic (exact) mass is 241 g/mol. The lowest BCUT2D eigenvalue weighted by Crippen LogP contribution is -1.93. The normalized spacial score (nSPS) is 9.15. The van der Waals surface area contributed by atoms with Crippen LogP contribution in [0.4, 0.5) is 10.1 Å². The second-order valence-corrected chi connectivity index (χ2v) is 3.18. The minimum absolute atomic E-state index is 0.319. The molecule has 0 saturated heterocycles. The summed E-state index contributed by atoms with van der Waals surface area (Å²) in [5, 5.41) is 0.528. The Labute approximate surface area is 85.3 Å². The van der Waals surface area contributed by atoms with E-state index in [1.165, 1.54) is 6.07 Å². The Kier molecular flexibility index (Phi) is 3.32. The van der Waals surface area contributed by atoms with E-state index in [4.69, 9.17) is 5.73 Å². The Morgan fingerprint density at radius 2 is 2.23 bits per heavy atom. The smallest absolute Gasteiger partial charge is 0.139 e. The predicted octanol–water partition coefficient (Wildman–Crippen LogP) is 2.46. The predicted molar refractivity (Wildman–Crippen MR) is 56.2 cm³/mol. The summed E-state index contributed by atoms with van der Waals surface area (Å²) in [6, 6.07) is 2.95. The van der Waals surface area contributed by atoms with Gasteiger partial charge in [0.25, 0.3) is 0 Å². The molecule has 3 heteroatoms. The van der Waals surface area contributed by atoms with E-state index in [9.17, 15) is 4.39 Å². The van der Waals surface area contributed by atoms with Crippen molar-refractivity contribution < 1.29 is 4.39 Å². The highest BCUT2D eigenvalue weighted by atomic mass is 79.9. The third-order valence-electron chi connectivity index (χ3n) is 1.65. The van der Waals surface area contributed by atoms with E-state index in [2.05, 4.69) is 27.8 Å². The maximum Gasteiger partial charge on any atom is 0.139 e. The van der Waals surface area contributed by atoms with Gasteiger partial charge in [-0.25, -0.2) is 4.39 Å². The van der Waals surface area contributed by atoms with Gasteiger partial charge in [-0.15, -0.1) is 0 Å². The summed E-state index contributed by atoms with van der Waals surface area (Å²) in [4.78, 5) is 0. The fourth-order valence-corrected chi connectivity index (χ4v) is 1.05. The number of nitrogens with two attached hydrogens (primary N) is 1. The Bertz CT molecular complexity index is 376. The highest BCUT2D eigenvalue weighted by Crippen LogP contribution is 2.16. The molecule has 0 bridgehead atoms. The van der Waals surface area contributed by atoms with Gasteiger partial charge in [0.15, 0.2) is 0 Å². The maximum atomic E-state index is 13.2. The number of benzene rings is 1. The quantitative estimate of drug-likeness (QED) is 0.422. The molecule has 0 aliphatic heterocycles. The number of halogens is 2. The van der Waals surface area contributed by atoms with Gasteiger partial charge in [0.05, 0.1) is 10.9 Å². The van der Waals surface area contributed by atoms with Crippen LogP contribution in [0.3, 0.4) is 0 Å². The molecular weight excluding hydrogens is 233 g/mol. The highest BCUT2D eigenvalue weighted by molar-refractivity contribution is 9.09. The molecule has 1 rings (SSSR count). The van der Waals surface area contributed by atoms with Crippen LogP contribution in [0.15, 0.2) is 12.1 Å². The maximum absolute atomic E-state index is 13.2. The number of hydrogen-bond acceptors (Lipinski definition) is 1. The average Bonchev–Trinajstić information content (AvgIpc) is 2.09. The second kappa shape index (κ2) is 4.29. The fraction of sp³-hybridized carbons (Fsp3) is 0.200. The summed E-state index contributed by atoms with van der Waals surface area (Å²) in [5.41, 5.74) is 7.27. The number of nitrogen functional groups attached to an aromatic ring is 1. The van der Waals surface area contributed by atoms with Gasteiger partial charge >= 0.3 is 0 Å². The largest absolute Gasteiger partial charge is 0.398 e. The van der Waals surface area contributed by atoms with Gasteiger partial charge in [-0.05, 0) is 24.6 Å². The molecule has 0 amide bonds. The van der Waals surface area contributed by atoms with Crippen LogP contribution < -0.4 is 5.73 Å². The van der Waals surface area contributed by atoms with Crippen LogP contribution in [0.1, 0.15) is 11.1 Å². The summed E-state index contributed by atoms with van der Waals surface area (Å²) < 4.78 is 13.2. The lowest BCUT2D eigenvalue weighted by molar-refractivity contribution is 0.623. The van der Waals surface area contributed by atoms with Crippen LogP contribution in [-0.2, 0) is 0 Å². The van der Waals surface area contributed by atoms with Crippen LogP contribution in [-0.4, -0.2) is 5.33 Å². The van der Waals surface area contributed by atoms with Crippen molar-refractivity contribution in [1.82, 2.24) is 0 Å². The summed E-state index contributed by atoms with van der Waals surface area (Å²) >= 11 is 3.14. The molecule has 0 aromatic heterocycles. The van der Waals surface area contributed by atoms with Crippen LogP contribution in [0, 0.1) is 24.6 Å².